The summed E-state index contributed by atoms with van der Waals surface area (Å²) < 4.78 is 13.0. The third-order valence-corrected chi connectivity index (χ3v) is 1.73. The molecule has 0 aliphatic carbocycles. The average molecular weight is 188 g/mol. The Morgan fingerprint density at radius 1 is 1.62 bits per heavy atom. The van der Waals surface area contributed by atoms with Gasteiger partial charge in [0.25, 0.3) is 0 Å². The van der Waals surface area contributed by atoms with Gasteiger partial charge in [-0.2, -0.15) is 0 Å². The fourth-order valence-corrected chi connectivity index (χ4v) is 1.13. The molecule has 0 aromatic heterocycles. The van der Waals surface area contributed by atoms with Gasteiger partial charge >= 0.3 is 5.97 Å². The van der Waals surface area contributed by atoms with E-state index in [9.17, 15) is 9.18 Å². The van der Waals surface area contributed by atoms with E-state index < -0.39 is 12.1 Å². The Morgan fingerprint density at radius 2 is 2.23 bits per heavy atom. The highest BCUT2D eigenvalue weighted by Gasteiger charge is 2.12. The van der Waals surface area contributed by atoms with Crippen LogP contribution in [0.5, 0.6) is 0 Å². The van der Waals surface area contributed by atoms with E-state index in [0.717, 1.165) is 6.42 Å². The van der Waals surface area contributed by atoms with Gasteiger partial charge < -0.3 is 5.11 Å². The number of carboxylic acid groups (broad SMARTS) is 1. The lowest BCUT2D eigenvalue weighted by Gasteiger charge is -2.09. The lowest BCUT2D eigenvalue weighted by molar-refractivity contribution is -0.138. The maximum atomic E-state index is 13.0. The standard InChI is InChI=1S/C10H17FO2/c1-3-4-5-9(11)6-8(2)7-10(12)13/h4-5,8-9H,3,6-7H2,1-2H3,(H,12,13)/b5-4-. The summed E-state index contributed by atoms with van der Waals surface area (Å²) in [7, 11) is 0. The topological polar surface area (TPSA) is 37.3 Å². The van der Waals surface area contributed by atoms with E-state index in [0.29, 0.717) is 6.42 Å². The largest absolute Gasteiger partial charge is 0.481 e. The Bertz CT molecular complexity index is 178. The molecule has 0 bridgehead atoms. The number of carbonyl (C=O) groups is 1. The van der Waals surface area contributed by atoms with Crippen molar-refractivity contribution in [2.75, 3.05) is 0 Å². The maximum absolute atomic E-state index is 13.0. The minimum atomic E-state index is -1.01. The van der Waals surface area contributed by atoms with Crippen molar-refractivity contribution in [1.29, 1.82) is 0 Å². The first-order valence-corrected chi connectivity index (χ1v) is 4.58. The molecule has 0 heterocycles. The molecule has 0 saturated heterocycles. The fourth-order valence-electron chi connectivity index (χ4n) is 1.13. The Labute approximate surface area is 78.5 Å². The van der Waals surface area contributed by atoms with E-state index in [1.54, 1.807) is 13.0 Å². The van der Waals surface area contributed by atoms with Crippen molar-refractivity contribution >= 4 is 5.97 Å². The van der Waals surface area contributed by atoms with E-state index in [2.05, 4.69) is 0 Å². The predicted octanol–water partition coefficient (Wildman–Crippen LogP) is 2.79. The van der Waals surface area contributed by atoms with Gasteiger partial charge in [-0.05, 0) is 18.8 Å². The molecule has 0 fully saturated rings. The first kappa shape index (κ1) is 12.1. The number of hydrogen-bond acceptors (Lipinski definition) is 1. The van der Waals surface area contributed by atoms with Crippen LogP contribution in [0.3, 0.4) is 0 Å². The summed E-state index contributed by atoms with van der Waals surface area (Å²) in [4.78, 5) is 10.3. The Hall–Kier alpha value is -0.860. The minimum Gasteiger partial charge on any atom is -0.481 e. The van der Waals surface area contributed by atoms with Crippen LogP contribution in [0.2, 0.25) is 0 Å². The van der Waals surface area contributed by atoms with Crippen molar-refractivity contribution in [3.63, 3.8) is 0 Å². The molecule has 0 aliphatic heterocycles. The third-order valence-electron chi connectivity index (χ3n) is 1.73. The van der Waals surface area contributed by atoms with Crippen molar-refractivity contribution in [2.45, 2.75) is 39.3 Å². The molecule has 0 aliphatic rings. The number of halogens is 1. The zero-order valence-corrected chi connectivity index (χ0v) is 8.16. The molecule has 0 saturated carbocycles. The molecule has 0 radical (unpaired) electrons. The van der Waals surface area contributed by atoms with Gasteiger partial charge in [0.2, 0.25) is 0 Å². The summed E-state index contributed by atoms with van der Waals surface area (Å²) in [6, 6.07) is 0. The van der Waals surface area contributed by atoms with Gasteiger partial charge in [0.05, 0.1) is 0 Å². The van der Waals surface area contributed by atoms with Gasteiger partial charge in [-0.25, -0.2) is 4.39 Å². The molecular weight excluding hydrogens is 171 g/mol. The van der Waals surface area contributed by atoms with Crippen molar-refractivity contribution in [1.82, 2.24) is 0 Å². The van der Waals surface area contributed by atoms with Crippen LogP contribution in [0.1, 0.15) is 33.1 Å². The SMILES string of the molecule is CC/C=C\C(F)CC(C)CC(=O)O. The first-order valence-electron chi connectivity index (χ1n) is 4.58. The van der Waals surface area contributed by atoms with Crippen LogP contribution in [-0.2, 0) is 4.79 Å². The highest BCUT2D eigenvalue weighted by atomic mass is 19.1. The summed E-state index contributed by atoms with van der Waals surface area (Å²) in [5, 5.41) is 8.43. The summed E-state index contributed by atoms with van der Waals surface area (Å²) in [5.74, 6) is -0.965. The van der Waals surface area contributed by atoms with Gasteiger partial charge in [-0.15, -0.1) is 0 Å². The molecule has 0 amide bonds. The van der Waals surface area contributed by atoms with Crippen molar-refractivity contribution in [2.24, 2.45) is 5.92 Å². The normalized spacial score (nSPS) is 15.9. The van der Waals surface area contributed by atoms with E-state index >= 15 is 0 Å². The number of carboxylic acids is 1. The lowest BCUT2D eigenvalue weighted by atomic mass is 10.0. The van der Waals surface area contributed by atoms with Gasteiger partial charge in [0.1, 0.15) is 6.17 Å². The second kappa shape index (κ2) is 6.63. The number of alkyl halides is 1. The highest BCUT2D eigenvalue weighted by molar-refractivity contribution is 5.66. The second-order valence-corrected chi connectivity index (χ2v) is 3.29. The summed E-state index contributed by atoms with van der Waals surface area (Å²) in [6.45, 7) is 3.68. The molecule has 2 unspecified atom stereocenters. The Morgan fingerprint density at radius 3 is 2.69 bits per heavy atom. The van der Waals surface area contributed by atoms with Gasteiger partial charge in [-0.3, -0.25) is 4.79 Å². The molecule has 3 heteroatoms. The Balaban J connectivity index is 3.70. The van der Waals surface area contributed by atoms with Crippen LogP contribution in [0, 0.1) is 5.92 Å². The van der Waals surface area contributed by atoms with Crippen molar-refractivity contribution in [3.05, 3.63) is 12.2 Å². The summed E-state index contributed by atoms with van der Waals surface area (Å²) in [5.41, 5.74) is 0. The van der Waals surface area contributed by atoms with Crippen LogP contribution < -0.4 is 0 Å². The maximum Gasteiger partial charge on any atom is 0.303 e. The van der Waals surface area contributed by atoms with Crippen LogP contribution in [0.15, 0.2) is 12.2 Å². The molecule has 0 rings (SSSR count). The number of rotatable bonds is 6. The predicted molar refractivity (Wildman–Crippen MR) is 50.4 cm³/mol. The quantitative estimate of drug-likeness (QED) is 0.651. The smallest absolute Gasteiger partial charge is 0.303 e. The van der Waals surface area contributed by atoms with Gasteiger partial charge in [-0.1, -0.05) is 26.0 Å². The fraction of sp³-hybridized carbons (Fsp3) is 0.700. The van der Waals surface area contributed by atoms with Crippen LogP contribution in [0.25, 0.3) is 0 Å². The van der Waals surface area contributed by atoms with E-state index in [-0.39, 0.29) is 12.3 Å². The number of aliphatic carboxylic acids is 1. The molecule has 0 aromatic carbocycles. The third kappa shape index (κ3) is 7.50. The monoisotopic (exact) mass is 188 g/mol. The second-order valence-electron chi connectivity index (χ2n) is 3.29. The first-order chi connectivity index (χ1) is 6.06. The van der Waals surface area contributed by atoms with Gasteiger partial charge in [0, 0.05) is 6.42 Å². The minimum absolute atomic E-state index is 0.0420. The zero-order valence-electron chi connectivity index (χ0n) is 8.16. The molecule has 2 atom stereocenters. The van der Waals surface area contributed by atoms with E-state index in [1.165, 1.54) is 6.08 Å². The molecule has 0 spiro atoms. The molecular formula is C10H17FO2. The number of hydrogen-bond donors (Lipinski definition) is 1. The lowest BCUT2D eigenvalue weighted by Crippen LogP contribution is -2.09. The summed E-state index contributed by atoms with van der Waals surface area (Å²) in [6.07, 6.45) is 3.40. The van der Waals surface area contributed by atoms with E-state index in [4.69, 9.17) is 5.11 Å². The Kier molecular flexibility index (Phi) is 6.20. The number of allylic oxidation sites excluding steroid dienone is 2. The van der Waals surface area contributed by atoms with E-state index in [1.807, 2.05) is 6.92 Å². The summed E-state index contributed by atoms with van der Waals surface area (Å²) >= 11 is 0. The van der Waals surface area contributed by atoms with Crippen LogP contribution in [0.4, 0.5) is 4.39 Å². The van der Waals surface area contributed by atoms with Crippen LogP contribution >= 0.6 is 0 Å². The van der Waals surface area contributed by atoms with Gasteiger partial charge in [0.15, 0.2) is 0 Å². The molecule has 13 heavy (non-hydrogen) atoms. The van der Waals surface area contributed by atoms with Crippen LogP contribution in [-0.4, -0.2) is 17.2 Å². The van der Waals surface area contributed by atoms with Crippen molar-refractivity contribution < 1.29 is 14.3 Å². The molecule has 0 aromatic rings. The highest BCUT2D eigenvalue weighted by Crippen LogP contribution is 2.13. The molecule has 76 valence electrons. The van der Waals surface area contributed by atoms with Crippen molar-refractivity contribution in [3.8, 4) is 0 Å². The average Bonchev–Trinajstić information content (AvgIpc) is 1.98. The zero-order chi connectivity index (χ0) is 10.3. The molecule has 1 N–H and O–H groups in total. The molecule has 2 nitrogen and oxygen atoms in total.